The average molecular weight is 213 g/mol. The van der Waals surface area contributed by atoms with Gasteiger partial charge in [-0.05, 0) is 23.8 Å². The molecule has 16 heavy (non-hydrogen) atoms. The van der Waals surface area contributed by atoms with E-state index in [1.807, 2.05) is 30.3 Å². The van der Waals surface area contributed by atoms with E-state index in [1.54, 1.807) is 6.07 Å². The number of aromatic amines is 1. The Morgan fingerprint density at radius 1 is 1.06 bits per heavy atom. The van der Waals surface area contributed by atoms with Gasteiger partial charge in [-0.25, -0.2) is 0 Å². The zero-order chi connectivity index (χ0) is 11.1. The first-order chi connectivity index (χ1) is 7.79. The van der Waals surface area contributed by atoms with Crippen LogP contribution in [0.25, 0.3) is 21.8 Å². The zero-order valence-corrected chi connectivity index (χ0v) is 8.57. The lowest BCUT2D eigenvalue weighted by Gasteiger charge is -1.99. The van der Waals surface area contributed by atoms with Gasteiger partial charge in [-0.2, -0.15) is 0 Å². The van der Waals surface area contributed by atoms with Crippen LogP contribution in [0.5, 0.6) is 5.75 Å². The summed E-state index contributed by atoms with van der Waals surface area (Å²) in [5.41, 5.74) is 2.43. The molecule has 1 aromatic heterocycles. The Hall–Kier alpha value is -2.00. The van der Waals surface area contributed by atoms with E-state index in [0.29, 0.717) is 0 Å². The Morgan fingerprint density at radius 3 is 2.69 bits per heavy atom. The third-order valence-corrected chi connectivity index (χ3v) is 2.84. The molecule has 3 heteroatoms. The molecule has 3 N–H and O–H groups in total. The fraction of sp³-hybridized carbons (Fsp3) is 0.0769. The van der Waals surface area contributed by atoms with Crippen molar-refractivity contribution in [3.8, 4) is 5.75 Å². The molecule has 0 atom stereocenters. The molecule has 0 fully saturated rings. The van der Waals surface area contributed by atoms with E-state index < -0.39 is 0 Å². The average Bonchev–Trinajstić information content (AvgIpc) is 2.68. The molecule has 2 aromatic carbocycles. The number of para-hydroxylation sites is 1. The topological polar surface area (TPSA) is 56.2 Å². The molecule has 80 valence electrons. The summed E-state index contributed by atoms with van der Waals surface area (Å²) in [5, 5.41) is 21.0. The zero-order valence-electron chi connectivity index (χ0n) is 8.57. The van der Waals surface area contributed by atoms with Gasteiger partial charge in [-0.3, -0.25) is 0 Å². The highest BCUT2D eigenvalue weighted by Crippen LogP contribution is 2.32. The first-order valence-corrected chi connectivity index (χ1v) is 5.13. The van der Waals surface area contributed by atoms with E-state index in [4.69, 9.17) is 5.11 Å². The SMILES string of the molecule is OCc1cc(O)c2[nH]c3ccccc3c2c1. The van der Waals surface area contributed by atoms with Crippen LogP contribution >= 0.6 is 0 Å². The summed E-state index contributed by atoms with van der Waals surface area (Å²) < 4.78 is 0. The molecule has 0 unspecified atom stereocenters. The lowest BCUT2D eigenvalue weighted by molar-refractivity contribution is 0.281. The maximum absolute atomic E-state index is 9.84. The van der Waals surface area contributed by atoms with Crippen molar-refractivity contribution in [3.63, 3.8) is 0 Å². The van der Waals surface area contributed by atoms with Gasteiger partial charge in [-0.15, -0.1) is 0 Å². The second-order valence-electron chi connectivity index (χ2n) is 3.87. The van der Waals surface area contributed by atoms with Crippen LogP contribution in [0.15, 0.2) is 36.4 Å². The van der Waals surface area contributed by atoms with Crippen molar-refractivity contribution in [2.75, 3.05) is 0 Å². The highest BCUT2D eigenvalue weighted by molar-refractivity contribution is 6.09. The smallest absolute Gasteiger partial charge is 0.140 e. The van der Waals surface area contributed by atoms with Gasteiger partial charge in [0.25, 0.3) is 0 Å². The molecule has 0 aliphatic carbocycles. The van der Waals surface area contributed by atoms with E-state index in [-0.39, 0.29) is 12.4 Å². The summed E-state index contributed by atoms with van der Waals surface area (Å²) >= 11 is 0. The molecule has 0 saturated carbocycles. The molecule has 0 aliphatic rings. The van der Waals surface area contributed by atoms with Crippen molar-refractivity contribution < 1.29 is 10.2 Å². The van der Waals surface area contributed by atoms with Crippen LogP contribution in [-0.4, -0.2) is 15.2 Å². The number of phenols is 1. The maximum atomic E-state index is 9.84. The number of aliphatic hydroxyl groups excluding tert-OH is 1. The second-order valence-corrected chi connectivity index (χ2v) is 3.87. The normalized spacial score (nSPS) is 11.3. The molecule has 0 amide bonds. The number of rotatable bonds is 1. The number of benzene rings is 2. The number of aliphatic hydroxyl groups is 1. The summed E-state index contributed by atoms with van der Waals surface area (Å²) in [7, 11) is 0. The Morgan fingerprint density at radius 2 is 1.88 bits per heavy atom. The highest BCUT2D eigenvalue weighted by atomic mass is 16.3. The van der Waals surface area contributed by atoms with E-state index in [9.17, 15) is 5.11 Å². The predicted octanol–water partition coefficient (Wildman–Crippen LogP) is 2.52. The van der Waals surface area contributed by atoms with E-state index in [0.717, 1.165) is 27.4 Å². The van der Waals surface area contributed by atoms with Crippen LogP contribution < -0.4 is 0 Å². The van der Waals surface area contributed by atoms with Crippen LogP contribution in [0.2, 0.25) is 0 Å². The van der Waals surface area contributed by atoms with Crippen molar-refractivity contribution in [1.29, 1.82) is 0 Å². The third-order valence-electron chi connectivity index (χ3n) is 2.84. The molecule has 0 radical (unpaired) electrons. The Labute approximate surface area is 92.0 Å². The van der Waals surface area contributed by atoms with Crippen LogP contribution in [-0.2, 0) is 6.61 Å². The van der Waals surface area contributed by atoms with Crippen LogP contribution in [0, 0.1) is 0 Å². The summed E-state index contributed by atoms with van der Waals surface area (Å²) in [4.78, 5) is 3.17. The van der Waals surface area contributed by atoms with E-state index in [1.165, 1.54) is 0 Å². The molecular formula is C13H11NO2. The number of phenolic OH excluding ortho intramolecular Hbond substituents is 1. The van der Waals surface area contributed by atoms with Crippen LogP contribution in [0.3, 0.4) is 0 Å². The first-order valence-electron chi connectivity index (χ1n) is 5.13. The molecule has 0 saturated heterocycles. The number of hydrogen-bond acceptors (Lipinski definition) is 2. The van der Waals surface area contributed by atoms with Crippen molar-refractivity contribution in [1.82, 2.24) is 4.98 Å². The third kappa shape index (κ3) is 1.19. The molecule has 0 aliphatic heterocycles. The number of aromatic hydroxyl groups is 1. The minimum atomic E-state index is -0.0665. The molecule has 0 bridgehead atoms. The van der Waals surface area contributed by atoms with Crippen molar-refractivity contribution in [2.24, 2.45) is 0 Å². The summed E-state index contributed by atoms with van der Waals surface area (Å²) in [6.45, 7) is -0.0665. The number of fused-ring (bicyclic) bond motifs is 3. The molecular weight excluding hydrogens is 202 g/mol. The van der Waals surface area contributed by atoms with Crippen molar-refractivity contribution in [2.45, 2.75) is 6.61 Å². The Kier molecular flexibility index (Phi) is 1.88. The van der Waals surface area contributed by atoms with Gasteiger partial charge in [0.15, 0.2) is 0 Å². The summed E-state index contributed by atoms with van der Waals surface area (Å²) in [6.07, 6.45) is 0. The summed E-state index contributed by atoms with van der Waals surface area (Å²) in [6, 6.07) is 11.3. The van der Waals surface area contributed by atoms with Gasteiger partial charge in [-0.1, -0.05) is 18.2 Å². The Balaban J connectivity index is 2.51. The standard InChI is InChI=1S/C13H11NO2/c15-7-8-5-10-9-3-1-2-4-11(9)14-13(10)12(16)6-8/h1-6,14-16H,7H2. The number of nitrogens with one attached hydrogen (secondary N) is 1. The van der Waals surface area contributed by atoms with E-state index in [2.05, 4.69) is 4.98 Å². The van der Waals surface area contributed by atoms with Gasteiger partial charge in [0.2, 0.25) is 0 Å². The molecule has 1 heterocycles. The minimum absolute atomic E-state index is 0.0665. The lowest BCUT2D eigenvalue weighted by Crippen LogP contribution is -1.82. The van der Waals surface area contributed by atoms with Gasteiger partial charge in [0.05, 0.1) is 12.1 Å². The largest absolute Gasteiger partial charge is 0.506 e. The fourth-order valence-electron chi connectivity index (χ4n) is 2.08. The van der Waals surface area contributed by atoms with Crippen LogP contribution in [0.1, 0.15) is 5.56 Å². The predicted molar refractivity (Wildman–Crippen MR) is 63.4 cm³/mol. The second kappa shape index (κ2) is 3.25. The van der Waals surface area contributed by atoms with Gasteiger partial charge in [0, 0.05) is 16.3 Å². The molecule has 3 aromatic rings. The quantitative estimate of drug-likeness (QED) is 0.581. The van der Waals surface area contributed by atoms with Crippen molar-refractivity contribution >= 4 is 21.8 Å². The van der Waals surface area contributed by atoms with Gasteiger partial charge >= 0.3 is 0 Å². The maximum Gasteiger partial charge on any atom is 0.140 e. The number of H-pyrrole nitrogens is 1. The monoisotopic (exact) mass is 213 g/mol. The van der Waals surface area contributed by atoms with E-state index >= 15 is 0 Å². The minimum Gasteiger partial charge on any atom is -0.506 e. The molecule has 3 rings (SSSR count). The molecule has 0 spiro atoms. The fourth-order valence-corrected chi connectivity index (χ4v) is 2.08. The summed E-state index contributed by atoms with van der Waals surface area (Å²) in [5.74, 6) is 0.178. The van der Waals surface area contributed by atoms with Crippen LogP contribution in [0.4, 0.5) is 0 Å². The van der Waals surface area contributed by atoms with Crippen molar-refractivity contribution in [3.05, 3.63) is 42.0 Å². The highest BCUT2D eigenvalue weighted by Gasteiger charge is 2.08. The molecule has 3 nitrogen and oxygen atoms in total. The lowest BCUT2D eigenvalue weighted by atomic mass is 10.1. The van der Waals surface area contributed by atoms with Gasteiger partial charge in [0.1, 0.15) is 5.75 Å². The first kappa shape index (κ1) is 9.24. The Bertz CT molecular complexity index is 670. The number of aromatic nitrogens is 1. The van der Waals surface area contributed by atoms with Gasteiger partial charge < -0.3 is 15.2 Å². The number of hydrogen-bond donors (Lipinski definition) is 3.